The van der Waals surface area contributed by atoms with E-state index in [1.54, 1.807) is 21.9 Å². The van der Waals surface area contributed by atoms with Crippen LogP contribution >= 0.6 is 0 Å². The third-order valence-corrected chi connectivity index (χ3v) is 5.49. The van der Waals surface area contributed by atoms with Crippen LogP contribution in [-0.2, 0) is 0 Å². The summed E-state index contributed by atoms with van der Waals surface area (Å²) < 4.78 is 1.65. The van der Waals surface area contributed by atoms with Crippen molar-refractivity contribution in [1.29, 1.82) is 0 Å². The topological polar surface area (TPSA) is 68.1 Å². The third kappa shape index (κ3) is 2.72. The van der Waals surface area contributed by atoms with Gasteiger partial charge in [0.15, 0.2) is 0 Å². The van der Waals surface area contributed by atoms with Crippen LogP contribution in [0.3, 0.4) is 0 Å². The Kier molecular flexibility index (Phi) is 3.60. The number of carbonyl (C=O) groups excluding carboxylic acids is 1. The molecule has 0 N–H and O–H groups in total. The molecule has 0 atom stereocenters. The lowest BCUT2D eigenvalue weighted by Crippen LogP contribution is -2.53. The van der Waals surface area contributed by atoms with Gasteiger partial charge in [-0.25, -0.2) is 4.98 Å². The van der Waals surface area contributed by atoms with Crippen LogP contribution in [0.1, 0.15) is 46.5 Å². The van der Waals surface area contributed by atoms with E-state index in [0.29, 0.717) is 35.5 Å². The number of likely N-dealkylation sites (tertiary alicyclic amines) is 1. The zero-order valence-electron chi connectivity index (χ0n) is 15.1. The van der Waals surface area contributed by atoms with Crippen LogP contribution in [0.2, 0.25) is 0 Å². The molecule has 3 aromatic rings. The molecule has 1 aliphatic carbocycles. The van der Waals surface area contributed by atoms with Gasteiger partial charge in [0.2, 0.25) is 0 Å². The maximum absolute atomic E-state index is 12.9. The van der Waals surface area contributed by atoms with Gasteiger partial charge in [0.1, 0.15) is 0 Å². The van der Waals surface area contributed by atoms with Gasteiger partial charge in [-0.1, -0.05) is 12.1 Å². The van der Waals surface area contributed by atoms with Gasteiger partial charge in [-0.05, 0) is 44.0 Å². The van der Waals surface area contributed by atoms with Crippen molar-refractivity contribution in [2.75, 3.05) is 13.1 Å². The van der Waals surface area contributed by atoms with Crippen molar-refractivity contribution in [2.24, 2.45) is 0 Å². The first kappa shape index (κ1) is 16.2. The number of aryl methyl sites for hydroxylation is 1. The highest BCUT2D eigenvalue weighted by Crippen LogP contribution is 2.41. The number of pyridine rings is 1. The molecule has 3 heterocycles. The van der Waals surface area contributed by atoms with Crippen LogP contribution in [0, 0.1) is 6.92 Å². The SMILES string of the molecule is Cc1ccc(C(=O)N2CC(n3cnc4ccccc4c3=O)C2)c(C2CC2)n1. The molecule has 0 radical (unpaired) electrons. The molecule has 1 saturated carbocycles. The molecule has 1 saturated heterocycles. The average Bonchev–Trinajstić information content (AvgIpc) is 3.47. The van der Waals surface area contributed by atoms with Crippen LogP contribution in [0.4, 0.5) is 0 Å². The highest BCUT2D eigenvalue weighted by molar-refractivity contribution is 5.96. The second-order valence-corrected chi connectivity index (χ2v) is 7.50. The first-order chi connectivity index (χ1) is 13.1. The van der Waals surface area contributed by atoms with Crippen molar-refractivity contribution in [3.05, 3.63) is 70.0 Å². The van der Waals surface area contributed by atoms with Crippen LogP contribution in [0.5, 0.6) is 0 Å². The lowest BCUT2D eigenvalue weighted by molar-refractivity contribution is 0.0513. The van der Waals surface area contributed by atoms with E-state index in [9.17, 15) is 9.59 Å². The smallest absolute Gasteiger partial charge is 0.261 e. The van der Waals surface area contributed by atoms with Crippen molar-refractivity contribution in [3.63, 3.8) is 0 Å². The Morgan fingerprint density at radius 2 is 1.89 bits per heavy atom. The van der Waals surface area contributed by atoms with Gasteiger partial charge in [0.05, 0.1) is 34.5 Å². The number of para-hydroxylation sites is 1. The molecule has 1 aromatic carbocycles. The first-order valence-electron chi connectivity index (χ1n) is 9.34. The summed E-state index contributed by atoms with van der Waals surface area (Å²) in [6.07, 6.45) is 3.81. The predicted octanol–water partition coefficient (Wildman–Crippen LogP) is 2.67. The molecule has 2 aliphatic rings. The molecule has 0 unspecified atom stereocenters. The van der Waals surface area contributed by atoms with E-state index in [2.05, 4.69) is 9.97 Å². The quantitative estimate of drug-likeness (QED) is 0.720. The van der Waals surface area contributed by atoms with Crippen molar-refractivity contribution in [1.82, 2.24) is 19.4 Å². The molecule has 2 aromatic heterocycles. The second kappa shape index (κ2) is 6.01. The van der Waals surface area contributed by atoms with Gasteiger partial charge < -0.3 is 4.90 Å². The van der Waals surface area contributed by atoms with Crippen molar-refractivity contribution in [2.45, 2.75) is 31.7 Å². The van der Waals surface area contributed by atoms with Gasteiger partial charge in [0.25, 0.3) is 11.5 Å². The Morgan fingerprint density at radius 1 is 1.11 bits per heavy atom. The third-order valence-electron chi connectivity index (χ3n) is 5.49. The number of amides is 1. The summed E-state index contributed by atoms with van der Waals surface area (Å²) in [5, 5.41) is 0.614. The van der Waals surface area contributed by atoms with E-state index in [0.717, 1.165) is 24.2 Å². The molecule has 1 aliphatic heterocycles. The van der Waals surface area contributed by atoms with Gasteiger partial charge in [-0.2, -0.15) is 0 Å². The Hall–Kier alpha value is -3.02. The lowest BCUT2D eigenvalue weighted by Gasteiger charge is -2.40. The number of benzene rings is 1. The Labute approximate surface area is 156 Å². The molecule has 0 spiro atoms. The Bertz CT molecular complexity index is 1110. The van der Waals surface area contributed by atoms with Crippen LogP contribution < -0.4 is 5.56 Å². The van der Waals surface area contributed by atoms with Crippen LogP contribution in [-0.4, -0.2) is 38.4 Å². The Balaban J connectivity index is 1.38. The molecule has 6 nitrogen and oxygen atoms in total. The van der Waals surface area contributed by atoms with Crippen molar-refractivity contribution >= 4 is 16.8 Å². The van der Waals surface area contributed by atoms with Gasteiger partial charge >= 0.3 is 0 Å². The van der Waals surface area contributed by atoms with Gasteiger partial charge in [-0.15, -0.1) is 0 Å². The van der Waals surface area contributed by atoms with E-state index in [-0.39, 0.29) is 17.5 Å². The van der Waals surface area contributed by atoms with E-state index < -0.39 is 0 Å². The summed E-state index contributed by atoms with van der Waals surface area (Å²) >= 11 is 0. The fraction of sp³-hybridized carbons (Fsp3) is 0.333. The number of carbonyl (C=O) groups is 1. The monoisotopic (exact) mass is 360 g/mol. The van der Waals surface area contributed by atoms with Crippen LogP contribution in [0.25, 0.3) is 10.9 Å². The molecule has 6 heteroatoms. The number of hydrogen-bond acceptors (Lipinski definition) is 4. The molecule has 5 rings (SSSR count). The summed E-state index contributed by atoms with van der Waals surface area (Å²) in [5.74, 6) is 0.440. The number of rotatable bonds is 3. The predicted molar refractivity (Wildman–Crippen MR) is 102 cm³/mol. The Morgan fingerprint density at radius 3 is 2.67 bits per heavy atom. The minimum absolute atomic E-state index is 0.0162. The second-order valence-electron chi connectivity index (χ2n) is 7.50. The summed E-state index contributed by atoms with van der Waals surface area (Å²) in [6.45, 7) is 3.01. The van der Waals surface area contributed by atoms with E-state index in [4.69, 9.17) is 0 Å². The highest BCUT2D eigenvalue weighted by Gasteiger charge is 2.36. The van der Waals surface area contributed by atoms with Crippen molar-refractivity contribution in [3.8, 4) is 0 Å². The average molecular weight is 360 g/mol. The fourth-order valence-corrected chi connectivity index (χ4v) is 3.74. The minimum Gasteiger partial charge on any atom is -0.334 e. The fourth-order valence-electron chi connectivity index (χ4n) is 3.74. The number of hydrogen-bond donors (Lipinski definition) is 0. The molecule has 136 valence electrons. The molecule has 1 amide bonds. The highest BCUT2D eigenvalue weighted by atomic mass is 16.2. The molecule has 27 heavy (non-hydrogen) atoms. The number of nitrogens with zero attached hydrogens (tertiary/aromatic N) is 4. The number of aromatic nitrogens is 3. The standard InChI is InChI=1S/C21H20N4O2/c1-13-6-9-17(19(23-13)14-7-8-14)20(26)24-10-15(11-24)25-12-22-18-5-3-2-4-16(18)21(25)27/h2-6,9,12,14-15H,7-8,10-11H2,1H3. The maximum Gasteiger partial charge on any atom is 0.261 e. The lowest BCUT2D eigenvalue weighted by atomic mass is 10.0. The van der Waals surface area contributed by atoms with Crippen LogP contribution in [0.15, 0.2) is 47.5 Å². The minimum atomic E-state index is -0.0478. The van der Waals surface area contributed by atoms with Gasteiger partial charge in [-0.3, -0.25) is 19.1 Å². The zero-order chi connectivity index (χ0) is 18.5. The number of fused-ring (bicyclic) bond motifs is 1. The molecular formula is C21H20N4O2. The van der Waals surface area contributed by atoms with E-state index in [1.165, 1.54) is 0 Å². The molecule has 0 bridgehead atoms. The van der Waals surface area contributed by atoms with E-state index >= 15 is 0 Å². The van der Waals surface area contributed by atoms with E-state index in [1.807, 2.05) is 37.3 Å². The summed E-state index contributed by atoms with van der Waals surface area (Å²) in [4.78, 5) is 36.4. The first-order valence-corrected chi connectivity index (χ1v) is 9.34. The zero-order valence-corrected chi connectivity index (χ0v) is 15.1. The summed E-state index contributed by atoms with van der Waals surface area (Å²) in [6, 6.07) is 11.1. The summed E-state index contributed by atoms with van der Waals surface area (Å²) in [5.41, 5.74) is 3.25. The maximum atomic E-state index is 12.9. The largest absolute Gasteiger partial charge is 0.334 e. The normalized spacial score (nSPS) is 17.1. The van der Waals surface area contributed by atoms with Gasteiger partial charge in [0, 0.05) is 24.7 Å². The molecular weight excluding hydrogens is 340 g/mol. The summed E-state index contributed by atoms with van der Waals surface area (Å²) in [7, 11) is 0. The van der Waals surface area contributed by atoms with Crippen molar-refractivity contribution < 1.29 is 4.79 Å². The molecule has 2 fully saturated rings.